The molecule has 20 heavy (non-hydrogen) atoms. The van der Waals surface area contributed by atoms with Crippen LogP contribution in [0.15, 0.2) is 48.1 Å². The number of allylic oxidation sites excluding steroid dienone is 1. The Morgan fingerprint density at radius 2 is 2.30 bits per heavy atom. The second-order valence-corrected chi connectivity index (χ2v) is 10.2. The molecule has 102 valence electrons. The second-order valence-electron chi connectivity index (χ2n) is 5.17. The standard InChI is InChI=1S/C16H16FNS.Sn/c1-2-5-13-10-15(19-12-13)11-18-9-8-14-6-3-4-7-16(14)17;/h2-4,6-7,9,13,15H,1,5,10,12H2;/p+1. The van der Waals surface area contributed by atoms with Crippen molar-refractivity contribution in [1.29, 1.82) is 0 Å². The zero-order chi connectivity index (χ0) is 13.9. The molecule has 4 heteroatoms. The Balaban J connectivity index is 1.65. The van der Waals surface area contributed by atoms with E-state index < -0.39 is 21.1 Å². The molecule has 0 aliphatic carbocycles. The van der Waals surface area contributed by atoms with Gasteiger partial charge < -0.3 is 0 Å². The molecular weight excluding hydrogens is 376 g/mol. The third kappa shape index (κ3) is 3.03. The number of halogens is 1. The summed E-state index contributed by atoms with van der Waals surface area (Å²) in [5.74, 6) is 1.94. The van der Waals surface area contributed by atoms with Gasteiger partial charge in [0.1, 0.15) is 0 Å². The van der Waals surface area contributed by atoms with Gasteiger partial charge in [-0.2, -0.15) is 0 Å². The van der Waals surface area contributed by atoms with E-state index in [2.05, 4.69) is 11.6 Å². The van der Waals surface area contributed by atoms with Crippen molar-refractivity contribution in [1.82, 2.24) is 0 Å². The predicted molar refractivity (Wildman–Crippen MR) is 87.9 cm³/mol. The first-order valence-corrected chi connectivity index (χ1v) is 10.9. The molecule has 2 aliphatic rings. The Bertz CT molecular complexity index is 582. The van der Waals surface area contributed by atoms with Crippen LogP contribution in [0.3, 0.4) is 0 Å². The van der Waals surface area contributed by atoms with E-state index in [1.807, 2.05) is 24.4 Å². The van der Waals surface area contributed by atoms with Crippen LogP contribution < -0.4 is 0 Å². The number of rotatable bonds is 4. The number of nitrogens with zero attached hydrogens (tertiary/aromatic N) is 1. The molecule has 0 spiro atoms. The molecule has 0 N–H and O–H groups in total. The van der Waals surface area contributed by atoms with E-state index in [1.54, 1.807) is 12.1 Å². The summed E-state index contributed by atoms with van der Waals surface area (Å²) in [7, 11) is 0. The van der Waals surface area contributed by atoms with Crippen molar-refractivity contribution >= 4 is 40.2 Å². The molecule has 1 fully saturated rings. The third-order valence-corrected chi connectivity index (χ3v) is 10.0. The van der Waals surface area contributed by atoms with Crippen LogP contribution in [-0.2, 0) is 11.8 Å². The molecule has 1 saturated heterocycles. The predicted octanol–water partition coefficient (Wildman–Crippen LogP) is 3.02. The Morgan fingerprint density at radius 3 is 3.10 bits per heavy atom. The molecular formula is C16H17FNSSn+. The van der Waals surface area contributed by atoms with Crippen LogP contribution >= 0.6 is 0 Å². The Kier molecular flexibility index (Phi) is 4.66. The van der Waals surface area contributed by atoms with Crippen molar-refractivity contribution in [2.75, 3.05) is 5.75 Å². The van der Waals surface area contributed by atoms with Gasteiger partial charge in [-0.25, -0.2) is 0 Å². The minimum absolute atomic E-state index is 0.107. The molecule has 1 aromatic carbocycles. The van der Waals surface area contributed by atoms with Gasteiger partial charge in [0.15, 0.2) is 0 Å². The van der Waals surface area contributed by atoms with Gasteiger partial charge in [-0.3, -0.25) is 0 Å². The first-order chi connectivity index (χ1) is 9.78. The maximum absolute atomic E-state index is 13.8. The van der Waals surface area contributed by atoms with E-state index in [-0.39, 0.29) is 5.82 Å². The zero-order valence-electron chi connectivity index (χ0n) is 11.2. The summed E-state index contributed by atoms with van der Waals surface area (Å²) in [4.78, 5) is 4.64. The van der Waals surface area contributed by atoms with Gasteiger partial charge in [-0.05, 0) is 0 Å². The van der Waals surface area contributed by atoms with Crippen LogP contribution in [0, 0.1) is 11.7 Å². The van der Waals surface area contributed by atoms with Crippen molar-refractivity contribution in [2.45, 2.75) is 18.1 Å². The summed E-state index contributed by atoms with van der Waals surface area (Å²) < 4.78 is 16.4. The molecule has 1 nitrogen and oxygen atoms in total. The van der Waals surface area contributed by atoms with Gasteiger partial charge in [0.2, 0.25) is 0 Å². The Morgan fingerprint density at radius 1 is 1.45 bits per heavy atom. The van der Waals surface area contributed by atoms with Crippen LogP contribution in [0.5, 0.6) is 0 Å². The minimum atomic E-state index is -0.886. The summed E-state index contributed by atoms with van der Waals surface area (Å²) in [5, 5.41) is 0.632. The fourth-order valence-electron chi connectivity index (χ4n) is 2.67. The molecule has 2 unspecified atom stereocenters. The Labute approximate surface area is 133 Å². The molecule has 1 aromatic rings. The van der Waals surface area contributed by atoms with Gasteiger partial charge in [-0.1, -0.05) is 0 Å². The number of benzene rings is 1. The van der Waals surface area contributed by atoms with Crippen molar-refractivity contribution in [3.05, 3.63) is 54.5 Å². The normalized spacial score (nSPS) is 25.4. The molecule has 3 rings (SSSR count). The molecule has 0 saturated carbocycles. The van der Waals surface area contributed by atoms with E-state index in [9.17, 15) is 4.39 Å². The zero-order valence-corrected chi connectivity index (χ0v) is 15.0. The van der Waals surface area contributed by atoms with Gasteiger partial charge >= 0.3 is 134 Å². The number of thiol groups is 1. The van der Waals surface area contributed by atoms with Crippen molar-refractivity contribution in [2.24, 2.45) is 10.9 Å². The van der Waals surface area contributed by atoms with E-state index >= 15 is 0 Å². The summed E-state index contributed by atoms with van der Waals surface area (Å²) in [5.41, 5.74) is 0.773. The first kappa shape index (κ1) is 14.4. The molecule has 0 aromatic heterocycles. The van der Waals surface area contributed by atoms with Crippen LogP contribution in [-0.4, -0.2) is 35.9 Å². The van der Waals surface area contributed by atoms with Crippen molar-refractivity contribution in [3.63, 3.8) is 0 Å². The van der Waals surface area contributed by atoms with Gasteiger partial charge in [0.05, 0.1) is 0 Å². The fraction of sp³-hybridized carbons (Fsp3) is 0.312. The first-order valence-electron chi connectivity index (χ1n) is 6.85. The van der Waals surface area contributed by atoms with E-state index in [4.69, 9.17) is 0 Å². The fourth-order valence-corrected chi connectivity index (χ4v) is 8.72. The molecule has 2 aliphatic heterocycles. The van der Waals surface area contributed by atoms with Crippen LogP contribution in [0.25, 0.3) is 3.59 Å². The molecule has 2 radical (unpaired) electrons. The summed E-state index contributed by atoms with van der Waals surface area (Å²) in [6.07, 6.45) is 6.32. The van der Waals surface area contributed by atoms with Gasteiger partial charge in [-0.15, -0.1) is 0 Å². The quantitative estimate of drug-likeness (QED) is 0.323. The summed E-state index contributed by atoms with van der Waals surface area (Å²) >= 11 is 0.630. The molecule has 2 heterocycles. The number of hydrogen-bond donors (Lipinski definition) is 0. The molecule has 0 amide bonds. The number of hydrogen-bond acceptors (Lipinski definition) is 1. The van der Waals surface area contributed by atoms with E-state index in [0.717, 1.165) is 17.9 Å². The second kappa shape index (κ2) is 6.48. The Hall–Kier alpha value is -0.551. The summed E-state index contributed by atoms with van der Waals surface area (Å²) in [6, 6.07) is 7.08. The van der Waals surface area contributed by atoms with Gasteiger partial charge in [0, 0.05) is 0 Å². The average molecular weight is 393 g/mol. The molecule has 0 bridgehead atoms. The van der Waals surface area contributed by atoms with Crippen LogP contribution in [0.4, 0.5) is 4.39 Å². The maximum atomic E-state index is 13.8. The van der Waals surface area contributed by atoms with Crippen molar-refractivity contribution in [3.8, 4) is 0 Å². The number of aliphatic imine (C=N–C) groups is 1. The monoisotopic (exact) mass is 394 g/mol. The van der Waals surface area contributed by atoms with Gasteiger partial charge in [0.25, 0.3) is 0 Å². The SMILES string of the molecule is C=CCC1C[SH+]C([C]2=NC=[C](c3ccccc3F)[Sn]2)C1. The van der Waals surface area contributed by atoms with E-state index in [1.165, 1.54) is 31.3 Å². The van der Waals surface area contributed by atoms with Crippen molar-refractivity contribution < 1.29 is 4.39 Å². The molecule has 2 atom stereocenters. The van der Waals surface area contributed by atoms with Crippen LogP contribution in [0.2, 0.25) is 0 Å². The summed E-state index contributed by atoms with van der Waals surface area (Å²) in [6.45, 7) is 3.83. The topological polar surface area (TPSA) is 12.4 Å². The van der Waals surface area contributed by atoms with E-state index in [0.29, 0.717) is 5.25 Å². The average Bonchev–Trinajstić information content (AvgIpc) is 3.08. The van der Waals surface area contributed by atoms with Crippen LogP contribution in [0.1, 0.15) is 18.4 Å². The third-order valence-electron chi connectivity index (χ3n) is 3.72.